The number of methoxy groups -OCH3 is 1. The van der Waals surface area contributed by atoms with E-state index in [4.69, 9.17) is 18.9 Å². The van der Waals surface area contributed by atoms with Gasteiger partial charge in [-0.05, 0) is 37.5 Å². The summed E-state index contributed by atoms with van der Waals surface area (Å²) < 4.78 is 21.6. The minimum Gasteiger partial charge on any atom is -0.493 e. The van der Waals surface area contributed by atoms with E-state index in [9.17, 15) is 9.59 Å². The van der Waals surface area contributed by atoms with Crippen molar-refractivity contribution in [3.05, 3.63) is 23.8 Å². The van der Waals surface area contributed by atoms with Crippen LogP contribution in [0.4, 0.5) is 0 Å². The summed E-state index contributed by atoms with van der Waals surface area (Å²) in [5.41, 5.74) is 0.310. The maximum atomic E-state index is 12.4. The average Bonchev–Trinajstić information content (AvgIpc) is 2.67. The van der Waals surface area contributed by atoms with E-state index in [0.717, 1.165) is 6.42 Å². The van der Waals surface area contributed by atoms with Gasteiger partial charge in [-0.2, -0.15) is 0 Å². The molecule has 1 fully saturated rings. The van der Waals surface area contributed by atoms with Gasteiger partial charge in [-0.1, -0.05) is 13.8 Å². The van der Waals surface area contributed by atoms with Crippen LogP contribution in [0.3, 0.4) is 0 Å². The van der Waals surface area contributed by atoms with Crippen molar-refractivity contribution in [2.24, 2.45) is 5.92 Å². The van der Waals surface area contributed by atoms with Crippen molar-refractivity contribution < 1.29 is 28.5 Å². The fraction of sp³-hybridized carbons (Fsp3) is 0.600. The molecule has 0 aromatic heterocycles. The lowest BCUT2D eigenvalue weighted by Crippen LogP contribution is -2.46. The highest BCUT2D eigenvalue weighted by molar-refractivity contribution is 5.92. The molecule has 7 heteroatoms. The number of amides is 1. The van der Waals surface area contributed by atoms with Crippen LogP contribution in [0.5, 0.6) is 11.5 Å². The lowest BCUT2D eigenvalue weighted by Gasteiger charge is -2.29. The van der Waals surface area contributed by atoms with Gasteiger partial charge in [0.2, 0.25) is 0 Å². The Morgan fingerprint density at radius 3 is 2.48 bits per heavy atom. The van der Waals surface area contributed by atoms with Gasteiger partial charge in [-0.15, -0.1) is 0 Å². The highest BCUT2D eigenvalue weighted by Gasteiger charge is 2.26. The van der Waals surface area contributed by atoms with E-state index in [1.807, 2.05) is 0 Å². The minimum absolute atomic E-state index is 0.216. The van der Waals surface area contributed by atoms with Gasteiger partial charge in [0.25, 0.3) is 5.91 Å². The van der Waals surface area contributed by atoms with Crippen LogP contribution in [0.25, 0.3) is 0 Å². The Morgan fingerprint density at radius 1 is 1.15 bits per heavy atom. The van der Waals surface area contributed by atoms with Crippen molar-refractivity contribution in [3.8, 4) is 11.5 Å². The van der Waals surface area contributed by atoms with Gasteiger partial charge in [-0.25, -0.2) is 4.79 Å². The van der Waals surface area contributed by atoms with Crippen LogP contribution in [0.1, 0.15) is 37.6 Å². The van der Waals surface area contributed by atoms with E-state index >= 15 is 0 Å². The van der Waals surface area contributed by atoms with Crippen molar-refractivity contribution in [2.75, 3.05) is 40.0 Å². The van der Waals surface area contributed by atoms with Gasteiger partial charge >= 0.3 is 5.97 Å². The molecule has 1 atom stereocenters. The lowest BCUT2D eigenvalue weighted by atomic mass is 10.1. The molecule has 0 aliphatic carbocycles. The molecule has 2 rings (SSSR count). The second-order valence-corrected chi connectivity index (χ2v) is 6.88. The molecule has 0 saturated carbocycles. The Hall–Kier alpha value is -2.28. The third-order valence-corrected chi connectivity index (χ3v) is 4.31. The Kier molecular flexibility index (Phi) is 7.91. The summed E-state index contributed by atoms with van der Waals surface area (Å²) in [7, 11) is 1.52. The van der Waals surface area contributed by atoms with Crippen LogP contribution in [0, 0.1) is 5.92 Å². The van der Waals surface area contributed by atoms with Gasteiger partial charge in [0.15, 0.2) is 17.6 Å². The van der Waals surface area contributed by atoms with E-state index in [0.29, 0.717) is 55.9 Å². The molecule has 0 spiro atoms. The summed E-state index contributed by atoms with van der Waals surface area (Å²) in [6.07, 6.45) is 0.0669. The molecule has 1 aliphatic rings. The summed E-state index contributed by atoms with van der Waals surface area (Å²) in [5, 5.41) is 0. The molecule has 150 valence electrons. The first-order valence-corrected chi connectivity index (χ1v) is 9.30. The highest BCUT2D eigenvalue weighted by atomic mass is 16.5. The van der Waals surface area contributed by atoms with Crippen molar-refractivity contribution in [2.45, 2.75) is 33.3 Å². The van der Waals surface area contributed by atoms with Gasteiger partial charge in [0.05, 0.1) is 32.5 Å². The zero-order valence-electron chi connectivity index (χ0n) is 16.5. The van der Waals surface area contributed by atoms with Crippen LogP contribution in [-0.2, 0) is 14.3 Å². The molecule has 1 heterocycles. The molecule has 1 aliphatic heterocycles. The molecule has 0 N–H and O–H groups in total. The van der Waals surface area contributed by atoms with Gasteiger partial charge < -0.3 is 23.8 Å². The van der Waals surface area contributed by atoms with Gasteiger partial charge in [-0.3, -0.25) is 4.79 Å². The number of carbonyl (C=O) groups is 2. The van der Waals surface area contributed by atoms with Gasteiger partial charge in [0, 0.05) is 13.1 Å². The minimum atomic E-state index is -0.858. The Balaban J connectivity index is 1.97. The third kappa shape index (κ3) is 6.13. The first-order valence-electron chi connectivity index (χ1n) is 9.30. The number of carbonyl (C=O) groups excluding carboxylic acids is 2. The Bertz CT molecular complexity index is 639. The summed E-state index contributed by atoms with van der Waals surface area (Å²) in [6, 6.07) is 4.87. The van der Waals surface area contributed by atoms with Crippen molar-refractivity contribution in [1.82, 2.24) is 4.90 Å². The topological polar surface area (TPSA) is 74.3 Å². The molecule has 0 radical (unpaired) electrons. The van der Waals surface area contributed by atoms with Crippen LogP contribution in [0.15, 0.2) is 18.2 Å². The normalized spacial score (nSPS) is 15.4. The molecular weight excluding hydrogens is 350 g/mol. The first kappa shape index (κ1) is 21.0. The van der Waals surface area contributed by atoms with E-state index in [-0.39, 0.29) is 5.91 Å². The van der Waals surface area contributed by atoms with Crippen LogP contribution in [0.2, 0.25) is 0 Å². The first-order chi connectivity index (χ1) is 12.9. The summed E-state index contributed by atoms with van der Waals surface area (Å²) in [4.78, 5) is 26.4. The number of ether oxygens (including phenoxy) is 4. The van der Waals surface area contributed by atoms with Crippen LogP contribution in [-0.4, -0.2) is 62.9 Å². The number of esters is 1. The third-order valence-electron chi connectivity index (χ3n) is 4.31. The van der Waals surface area contributed by atoms with Crippen molar-refractivity contribution in [3.63, 3.8) is 0 Å². The summed E-state index contributed by atoms with van der Waals surface area (Å²) in [5.74, 6) is 0.784. The number of nitrogens with zero attached hydrogens (tertiary/aromatic N) is 1. The monoisotopic (exact) mass is 379 g/mol. The molecule has 27 heavy (non-hydrogen) atoms. The van der Waals surface area contributed by atoms with Crippen LogP contribution >= 0.6 is 0 Å². The molecular formula is C20H29NO6. The quantitative estimate of drug-likeness (QED) is 0.646. The number of rotatable bonds is 8. The predicted molar refractivity (Wildman–Crippen MR) is 100 cm³/mol. The summed E-state index contributed by atoms with van der Waals surface area (Å²) in [6.45, 7) is 8.43. The molecule has 1 unspecified atom stereocenters. The van der Waals surface area contributed by atoms with Crippen molar-refractivity contribution >= 4 is 11.9 Å². The number of morpholine rings is 1. The molecule has 1 saturated heterocycles. The van der Waals surface area contributed by atoms with E-state index in [1.54, 1.807) is 30.0 Å². The Morgan fingerprint density at radius 2 is 1.85 bits per heavy atom. The fourth-order valence-electron chi connectivity index (χ4n) is 2.64. The number of benzene rings is 1. The number of hydrogen-bond acceptors (Lipinski definition) is 6. The van der Waals surface area contributed by atoms with Crippen molar-refractivity contribution in [1.29, 1.82) is 0 Å². The van der Waals surface area contributed by atoms with Crippen LogP contribution < -0.4 is 9.47 Å². The molecule has 1 aromatic rings. The number of hydrogen-bond donors (Lipinski definition) is 0. The summed E-state index contributed by atoms with van der Waals surface area (Å²) >= 11 is 0. The lowest BCUT2D eigenvalue weighted by molar-refractivity contribution is -0.143. The predicted octanol–water partition coefficient (Wildman–Crippen LogP) is 2.52. The second kappa shape index (κ2) is 10.2. The highest BCUT2D eigenvalue weighted by Crippen LogP contribution is 2.29. The average molecular weight is 379 g/mol. The second-order valence-electron chi connectivity index (χ2n) is 6.88. The molecule has 0 bridgehead atoms. The maximum Gasteiger partial charge on any atom is 0.339 e. The zero-order valence-corrected chi connectivity index (χ0v) is 16.5. The largest absolute Gasteiger partial charge is 0.493 e. The standard InChI is InChI=1S/C20H29NO6/c1-14(2)7-10-26-17-6-5-16(13-18(17)24-4)20(23)27-15(3)19(22)21-8-11-25-12-9-21/h5-6,13-15H,7-12H2,1-4H3. The van der Waals surface area contributed by atoms with Gasteiger partial charge in [0.1, 0.15) is 0 Å². The zero-order chi connectivity index (χ0) is 19.8. The smallest absolute Gasteiger partial charge is 0.339 e. The Labute approximate surface area is 160 Å². The maximum absolute atomic E-state index is 12.4. The molecule has 1 aromatic carbocycles. The molecule has 1 amide bonds. The SMILES string of the molecule is COc1cc(C(=O)OC(C)C(=O)N2CCOCC2)ccc1OCCC(C)C. The van der Waals surface area contributed by atoms with E-state index in [1.165, 1.54) is 7.11 Å². The van der Waals surface area contributed by atoms with E-state index in [2.05, 4.69) is 13.8 Å². The fourth-order valence-corrected chi connectivity index (χ4v) is 2.64. The van der Waals surface area contributed by atoms with E-state index < -0.39 is 12.1 Å². The molecule has 7 nitrogen and oxygen atoms in total.